The Hall–Kier alpha value is -3.42. The van der Waals surface area contributed by atoms with Crippen molar-refractivity contribution < 1.29 is 23.5 Å². The fraction of sp³-hybridized carbons (Fsp3) is 0.286. The van der Waals surface area contributed by atoms with Crippen LogP contribution >= 0.6 is 0 Å². The van der Waals surface area contributed by atoms with E-state index in [4.69, 9.17) is 4.74 Å². The van der Waals surface area contributed by atoms with Gasteiger partial charge in [-0.2, -0.15) is 0 Å². The fourth-order valence-corrected chi connectivity index (χ4v) is 3.15. The third-order valence-electron chi connectivity index (χ3n) is 4.52. The summed E-state index contributed by atoms with van der Waals surface area (Å²) in [6.45, 7) is 2.83. The van der Waals surface area contributed by atoms with E-state index >= 15 is 0 Å². The minimum Gasteiger partial charge on any atom is -0.492 e. The van der Waals surface area contributed by atoms with Crippen molar-refractivity contribution in [2.75, 3.05) is 25.0 Å². The topological polar surface area (TPSA) is 87.7 Å². The summed E-state index contributed by atoms with van der Waals surface area (Å²) < 4.78 is 18.6. The van der Waals surface area contributed by atoms with E-state index in [1.54, 1.807) is 24.3 Å². The van der Waals surface area contributed by atoms with Crippen LogP contribution in [0.5, 0.6) is 5.75 Å². The molecule has 1 aliphatic rings. The molecule has 3 amide bonds. The van der Waals surface area contributed by atoms with Gasteiger partial charge in [-0.1, -0.05) is 12.1 Å². The van der Waals surface area contributed by atoms with Crippen molar-refractivity contribution in [2.45, 2.75) is 19.4 Å². The Morgan fingerprint density at radius 3 is 2.66 bits per heavy atom. The smallest absolute Gasteiger partial charge is 0.254 e. The van der Waals surface area contributed by atoms with Crippen molar-refractivity contribution in [3.8, 4) is 5.75 Å². The molecule has 1 heterocycles. The van der Waals surface area contributed by atoms with Crippen molar-refractivity contribution in [2.24, 2.45) is 0 Å². The highest BCUT2D eigenvalue weighted by Gasteiger charge is 2.35. The standard InChI is InChI=1S/C21H22FN3O4/c1-2-29-18-6-4-3-5-16(18)24-19(26)13-17-20(27)23-11-12-25(17)21(28)14-7-9-15(22)10-8-14/h3-10,17H,2,11-13H2,1H3,(H,23,27)(H,24,26)/t17-/m1/s1. The van der Waals surface area contributed by atoms with Crippen LogP contribution in [0.3, 0.4) is 0 Å². The molecule has 0 radical (unpaired) electrons. The van der Waals surface area contributed by atoms with Gasteiger partial charge < -0.3 is 20.3 Å². The number of hydrogen-bond donors (Lipinski definition) is 2. The SMILES string of the molecule is CCOc1ccccc1NC(=O)C[C@@H]1C(=O)NCCN1C(=O)c1ccc(F)cc1. The van der Waals surface area contributed by atoms with Gasteiger partial charge in [-0.3, -0.25) is 14.4 Å². The van der Waals surface area contributed by atoms with Crippen LogP contribution in [-0.2, 0) is 9.59 Å². The Labute approximate surface area is 167 Å². The minimum absolute atomic E-state index is 0.209. The predicted molar refractivity (Wildman–Crippen MR) is 105 cm³/mol. The zero-order chi connectivity index (χ0) is 20.8. The maximum atomic E-state index is 13.1. The number of rotatable bonds is 6. The summed E-state index contributed by atoms with van der Waals surface area (Å²) in [4.78, 5) is 39.1. The molecular formula is C21H22FN3O4. The number of carbonyl (C=O) groups is 3. The molecule has 1 atom stereocenters. The summed E-state index contributed by atoms with van der Waals surface area (Å²) in [6.07, 6.45) is -0.209. The first-order chi connectivity index (χ1) is 14.0. The molecule has 0 bridgehead atoms. The Balaban J connectivity index is 1.74. The van der Waals surface area contributed by atoms with Gasteiger partial charge in [0, 0.05) is 18.7 Å². The number of para-hydroxylation sites is 2. The molecule has 8 heteroatoms. The van der Waals surface area contributed by atoms with E-state index in [-0.39, 0.29) is 25.1 Å². The predicted octanol–water partition coefficient (Wildman–Crippen LogP) is 2.19. The Morgan fingerprint density at radius 2 is 1.93 bits per heavy atom. The van der Waals surface area contributed by atoms with Crippen LogP contribution in [0.1, 0.15) is 23.7 Å². The Bertz CT molecular complexity index is 901. The van der Waals surface area contributed by atoms with Gasteiger partial charge in [0.2, 0.25) is 11.8 Å². The summed E-state index contributed by atoms with van der Waals surface area (Å²) in [6, 6.07) is 11.1. The molecule has 0 aliphatic carbocycles. The molecule has 1 fully saturated rings. The van der Waals surface area contributed by atoms with Crippen LogP contribution in [0.15, 0.2) is 48.5 Å². The second kappa shape index (κ2) is 9.18. The summed E-state index contributed by atoms with van der Waals surface area (Å²) in [5, 5.41) is 5.42. The molecule has 0 aromatic heterocycles. The van der Waals surface area contributed by atoms with Crippen LogP contribution in [0, 0.1) is 5.82 Å². The lowest BCUT2D eigenvalue weighted by Gasteiger charge is -2.34. The van der Waals surface area contributed by atoms with Gasteiger partial charge in [-0.05, 0) is 43.3 Å². The van der Waals surface area contributed by atoms with Crippen molar-refractivity contribution in [1.29, 1.82) is 0 Å². The van der Waals surface area contributed by atoms with Crippen molar-refractivity contribution in [1.82, 2.24) is 10.2 Å². The van der Waals surface area contributed by atoms with Gasteiger partial charge in [0.1, 0.15) is 17.6 Å². The number of carbonyl (C=O) groups excluding carboxylic acids is 3. The molecule has 0 saturated carbocycles. The molecule has 152 valence electrons. The van der Waals surface area contributed by atoms with Crippen molar-refractivity contribution >= 4 is 23.4 Å². The first kappa shape index (κ1) is 20.3. The normalized spacial score (nSPS) is 16.1. The summed E-state index contributed by atoms with van der Waals surface area (Å²) >= 11 is 0. The third kappa shape index (κ3) is 4.90. The largest absolute Gasteiger partial charge is 0.492 e. The number of nitrogens with one attached hydrogen (secondary N) is 2. The Kier molecular flexibility index (Phi) is 6.43. The number of anilines is 1. The van der Waals surface area contributed by atoms with Crippen LogP contribution in [0.2, 0.25) is 0 Å². The zero-order valence-corrected chi connectivity index (χ0v) is 16.0. The average Bonchev–Trinajstić information content (AvgIpc) is 2.71. The number of nitrogens with zero attached hydrogens (tertiary/aromatic N) is 1. The van der Waals surface area contributed by atoms with E-state index in [0.717, 1.165) is 0 Å². The highest BCUT2D eigenvalue weighted by atomic mass is 19.1. The van der Waals surface area contributed by atoms with Crippen molar-refractivity contribution in [3.05, 3.63) is 59.9 Å². The molecule has 2 aromatic carbocycles. The van der Waals surface area contributed by atoms with Crippen LogP contribution in [0.4, 0.5) is 10.1 Å². The van der Waals surface area contributed by atoms with Gasteiger partial charge in [0.15, 0.2) is 0 Å². The first-order valence-electron chi connectivity index (χ1n) is 9.35. The number of hydrogen-bond acceptors (Lipinski definition) is 4. The molecule has 29 heavy (non-hydrogen) atoms. The quantitative estimate of drug-likeness (QED) is 0.780. The molecule has 2 N–H and O–H groups in total. The zero-order valence-electron chi connectivity index (χ0n) is 16.0. The highest BCUT2D eigenvalue weighted by molar-refractivity contribution is 6.01. The first-order valence-corrected chi connectivity index (χ1v) is 9.35. The van der Waals surface area contributed by atoms with E-state index in [1.807, 2.05) is 6.92 Å². The minimum atomic E-state index is -0.958. The third-order valence-corrected chi connectivity index (χ3v) is 4.52. The number of benzene rings is 2. The highest BCUT2D eigenvalue weighted by Crippen LogP contribution is 2.24. The van der Waals surface area contributed by atoms with E-state index in [9.17, 15) is 18.8 Å². The maximum absolute atomic E-state index is 13.1. The second-order valence-electron chi connectivity index (χ2n) is 6.49. The molecule has 0 unspecified atom stereocenters. The molecule has 1 aliphatic heterocycles. The Morgan fingerprint density at radius 1 is 1.21 bits per heavy atom. The lowest BCUT2D eigenvalue weighted by Crippen LogP contribution is -2.58. The molecule has 3 rings (SSSR count). The number of piperazine rings is 1. The summed E-state index contributed by atoms with van der Waals surface area (Å²) in [5.41, 5.74) is 0.750. The van der Waals surface area contributed by atoms with Crippen LogP contribution in [-0.4, -0.2) is 48.4 Å². The van der Waals surface area contributed by atoms with E-state index in [2.05, 4.69) is 10.6 Å². The molecule has 7 nitrogen and oxygen atoms in total. The van der Waals surface area contributed by atoms with Crippen LogP contribution in [0.25, 0.3) is 0 Å². The summed E-state index contributed by atoms with van der Waals surface area (Å²) in [5.74, 6) is -1.18. The van der Waals surface area contributed by atoms with E-state index < -0.39 is 29.6 Å². The number of ether oxygens (including phenoxy) is 1. The van der Waals surface area contributed by atoms with E-state index in [0.29, 0.717) is 18.0 Å². The fourth-order valence-electron chi connectivity index (χ4n) is 3.15. The number of amides is 3. The second-order valence-corrected chi connectivity index (χ2v) is 6.49. The van der Waals surface area contributed by atoms with Gasteiger partial charge in [0.25, 0.3) is 5.91 Å². The van der Waals surface area contributed by atoms with Crippen molar-refractivity contribution in [3.63, 3.8) is 0 Å². The average molecular weight is 399 g/mol. The monoisotopic (exact) mass is 399 g/mol. The molecule has 0 spiro atoms. The lowest BCUT2D eigenvalue weighted by atomic mass is 10.1. The molecule has 1 saturated heterocycles. The van der Waals surface area contributed by atoms with Gasteiger partial charge >= 0.3 is 0 Å². The van der Waals surface area contributed by atoms with Gasteiger partial charge in [-0.15, -0.1) is 0 Å². The lowest BCUT2D eigenvalue weighted by molar-refractivity contribution is -0.131. The molecule has 2 aromatic rings. The maximum Gasteiger partial charge on any atom is 0.254 e. The van der Waals surface area contributed by atoms with Gasteiger partial charge in [0.05, 0.1) is 18.7 Å². The number of halogens is 1. The molecular weight excluding hydrogens is 377 g/mol. The van der Waals surface area contributed by atoms with E-state index in [1.165, 1.54) is 29.2 Å². The van der Waals surface area contributed by atoms with Gasteiger partial charge in [-0.25, -0.2) is 4.39 Å². The summed E-state index contributed by atoms with van der Waals surface area (Å²) in [7, 11) is 0. The van der Waals surface area contributed by atoms with Crippen LogP contribution < -0.4 is 15.4 Å².